The van der Waals surface area contributed by atoms with E-state index in [9.17, 15) is 14.9 Å². The Hall–Kier alpha value is -3.26. The average Bonchev–Trinajstić information content (AvgIpc) is 3.09. The van der Waals surface area contributed by atoms with E-state index >= 15 is 0 Å². The fourth-order valence-electron chi connectivity index (χ4n) is 2.59. The number of carbonyl (C=O) groups excluding carboxylic acids is 1. The first-order valence-corrected chi connectivity index (χ1v) is 9.47. The third kappa shape index (κ3) is 4.92. The zero-order valence-electron chi connectivity index (χ0n) is 15.5. The number of nitrogens with zero attached hydrogens (tertiary/aromatic N) is 2. The molecule has 0 aliphatic rings. The zero-order valence-corrected chi connectivity index (χ0v) is 16.3. The van der Waals surface area contributed by atoms with Gasteiger partial charge in [0.25, 0.3) is 0 Å². The van der Waals surface area contributed by atoms with Crippen molar-refractivity contribution in [3.8, 4) is 5.75 Å². The molecule has 0 saturated heterocycles. The van der Waals surface area contributed by atoms with Crippen LogP contribution in [0.15, 0.2) is 47.8 Å². The number of ether oxygens (including phenoxy) is 1. The van der Waals surface area contributed by atoms with Crippen molar-refractivity contribution in [3.05, 3.63) is 79.8 Å². The van der Waals surface area contributed by atoms with E-state index in [2.05, 4.69) is 10.3 Å². The first-order chi connectivity index (χ1) is 13.4. The number of nitro groups is 1. The molecule has 2 aromatic carbocycles. The highest BCUT2D eigenvalue weighted by molar-refractivity contribution is 7.09. The monoisotopic (exact) mass is 397 g/mol. The molecule has 28 heavy (non-hydrogen) atoms. The molecule has 0 radical (unpaired) electrons. The summed E-state index contributed by atoms with van der Waals surface area (Å²) < 4.78 is 5.57. The van der Waals surface area contributed by atoms with Crippen molar-refractivity contribution in [2.75, 3.05) is 5.32 Å². The molecule has 3 rings (SSSR count). The third-order valence-corrected chi connectivity index (χ3v) is 4.91. The maximum Gasteiger partial charge on any atom is 0.311 e. The Bertz CT molecular complexity index is 1020. The lowest BCUT2D eigenvalue weighted by molar-refractivity contribution is -0.386. The van der Waals surface area contributed by atoms with E-state index < -0.39 is 4.92 Å². The van der Waals surface area contributed by atoms with E-state index in [1.54, 1.807) is 24.4 Å². The number of carbonyl (C=O) groups is 1. The van der Waals surface area contributed by atoms with Gasteiger partial charge >= 0.3 is 5.69 Å². The molecule has 1 aromatic heterocycles. The van der Waals surface area contributed by atoms with Gasteiger partial charge in [-0.25, -0.2) is 4.98 Å². The van der Waals surface area contributed by atoms with E-state index in [4.69, 9.17) is 4.74 Å². The van der Waals surface area contributed by atoms with E-state index in [0.29, 0.717) is 10.7 Å². The van der Waals surface area contributed by atoms with E-state index in [0.717, 1.165) is 16.8 Å². The van der Waals surface area contributed by atoms with Crippen LogP contribution < -0.4 is 10.1 Å². The van der Waals surface area contributed by atoms with Gasteiger partial charge in [0.15, 0.2) is 5.75 Å². The van der Waals surface area contributed by atoms with Crippen LogP contribution in [-0.4, -0.2) is 15.8 Å². The van der Waals surface area contributed by atoms with Gasteiger partial charge < -0.3 is 10.1 Å². The van der Waals surface area contributed by atoms with Crippen LogP contribution in [0.3, 0.4) is 0 Å². The summed E-state index contributed by atoms with van der Waals surface area (Å²) in [6.07, 6.45) is 0.156. The molecule has 0 spiro atoms. The SMILES string of the molecule is Cc1ccc(OCc2csc(CC(=O)Nc3ccccc3C)n2)c([N+](=O)[O-])c1. The van der Waals surface area contributed by atoms with Crippen LogP contribution in [0.1, 0.15) is 21.8 Å². The first-order valence-electron chi connectivity index (χ1n) is 8.59. The van der Waals surface area contributed by atoms with Crippen molar-refractivity contribution in [1.82, 2.24) is 4.98 Å². The van der Waals surface area contributed by atoms with Gasteiger partial charge in [0, 0.05) is 17.1 Å². The Morgan fingerprint density at radius 3 is 2.79 bits per heavy atom. The molecule has 0 fully saturated rings. The Morgan fingerprint density at radius 2 is 2.04 bits per heavy atom. The summed E-state index contributed by atoms with van der Waals surface area (Å²) in [4.78, 5) is 27.3. The molecule has 0 bridgehead atoms. The predicted molar refractivity (Wildman–Crippen MR) is 108 cm³/mol. The number of hydrogen-bond acceptors (Lipinski definition) is 6. The molecule has 1 amide bonds. The summed E-state index contributed by atoms with van der Waals surface area (Å²) >= 11 is 1.35. The molecule has 0 atom stereocenters. The van der Waals surface area contributed by atoms with Crippen molar-refractivity contribution in [2.24, 2.45) is 0 Å². The first kappa shape index (κ1) is 19.5. The third-order valence-electron chi connectivity index (χ3n) is 4.02. The van der Waals surface area contributed by atoms with Gasteiger partial charge in [-0.15, -0.1) is 11.3 Å². The van der Waals surface area contributed by atoms with Crippen molar-refractivity contribution < 1.29 is 14.5 Å². The Kier molecular flexibility index (Phi) is 6.00. The number of benzene rings is 2. The molecule has 3 aromatic rings. The Labute approximate surface area is 166 Å². The fourth-order valence-corrected chi connectivity index (χ4v) is 3.36. The molecular weight excluding hydrogens is 378 g/mol. The van der Waals surface area contributed by atoms with Crippen LogP contribution >= 0.6 is 11.3 Å². The number of rotatable bonds is 7. The fraction of sp³-hybridized carbons (Fsp3) is 0.200. The minimum Gasteiger partial charge on any atom is -0.480 e. The number of nitro benzene ring substituents is 1. The molecule has 0 unspecified atom stereocenters. The van der Waals surface area contributed by atoms with Crippen molar-refractivity contribution in [2.45, 2.75) is 26.9 Å². The van der Waals surface area contributed by atoms with E-state index in [1.807, 2.05) is 31.2 Å². The summed E-state index contributed by atoms with van der Waals surface area (Å²) in [5.74, 6) is 0.0488. The maximum absolute atomic E-state index is 12.2. The minimum absolute atomic E-state index is 0.0759. The van der Waals surface area contributed by atoms with E-state index in [-0.39, 0.29) is 30.4 Å². The van der Waals surface area contributed by atoms with E-state index in [1.165, 1.54) is 17.4 Å². The second kappa shape index (κ2) is 8.62. The normalized spacial score (nSPS) is 10.5. The van der Waals surface area contributed by atoms with Gasteiger partial charge in [-0.2, -0.15) is 0 Å². The number of para-hydroxylation sites is 1. The van der Waals surface area contributed by atoms with Crippen LogP contribution in [0.5, 0.6) is 5.75 Å². The zero-order chi connectivity index (χ0) is 20.1. The summed E-state index contributed by atoms with van der Waals surface area (Å²) in [5, 5.41) is 16.5. The van der Waals surface area contributed by atoms with Crippen molar-refractivity contribution in [1.29, 1.82) is 0 Å². The van der Waals surface area contributed by atoms with Gasteiger partial charge in [0.1, 0.15) is 11.6 Å². The van der Waals surface area contributed by atoms with Gasteiger partial charge in [-0.05, 0) is 37.1 Å². The average molecular weight is 397 g/mol. The molecule has 144 valence electrons. The molecule has 0 saturated carbocycles. The van der Waals surface area contributed by atoms with Crippen LogP contribution in [0.25, 0.3) is 0 Å². The number of anilines is 1. The molecule has 0 aliphatic heterocycles. The number of hydrogen-bond donors (Lipinski definition) is 1. The van der Waals surface area contributed by atoms with Crippen molar-refractivity contribution in [3.63, 3.8) is 0 Å². The molecule has 7 nitrogen and oxygen atoms in total. The summed E-state index contributed by atoms with van der Waals surface area (Å²) in [5.41, 5.74) is 3.10. The number of aromatic nitrogens is 1. The summed E-state index contributed by atoms with van der Waals surface area (Å²) in [7, 11) is 0. The second-order valence-electron chi connectivity index (χ2n) is 6.29. The van der Waals surface area contributed by atoms with Gasteiger partial charge in [-0.3, -0.25) is 14.9 Å². The summed E-state index contributed by atoms with van der Waals surface area (Å²) in [6, 6.07) is 12.4. The topological polar surface area (TPSA) is 94.4 Å². The predicted octanol–water partition coefficient (Wildman–Crippen LogP) is 4.43. The second-order valence-corrected chi connectivity index (χ2v) is 7.23. The molecular formula is C20H19N3O4S. The largest absolute Gasteiger partial charge is 0.480 e. The number of nitrogens with one attached hydrogen (secondary N) is 1. The quantitative estimate of drug-likeness (QED) is 0.470. The number of amides is 1. The Balaban J connectivity index is 1.60. The minimum atomic E-state index is -0.468. The lowest BCUT2D eigenvalue weighted by Gasteiger charge is -2.07. The highest BCUT2D eigenvalue weighted by atomic mass is 32.1. The molecule has 8 heteroatoms. The smallest absolute Gasteiger partial charge is 0.311 e. The molecule has 1 heterocycles. The lowest BCUT2D eigenvalue weighted by Crippen LogP contribution is -2.15. The molecule has 0 aliphatic carbocycles. The van der Waals surface area contributed by atoms with Crippen LogP contribution in [0, 0.1) is 24.0 Å². The highest BCUT2D eigenvalue weighted by Gasteiger charge is 2.16. The molecule has 1 N–H and O–H groups in total. The number of aryl methyl sites for hydroxylation is 2. The summed E-state index contributed by atoms with van der Waals surface area (Å²) in [6.45, 7) is 3.81. The number of thiazole rings is 1. The van der Waals surface area contributed by atoms with Crippen LogP contribution in [0.4, 0.5) is 11.4 Å². The van der Waals surface area contributed by atoms with Gasteiger partial charge in [-0.1, -0.05) is 24.3 Å². The van der Waals surface area contributed by atoms with Crippen LogP contribution in [-0.2, 0) is 17.8 Å². The maximum atomic E-state index is 12.2. The van der Waals surface area contributed by atoms with Gasteiger partial charge in [0.2, 0.25) is 5.91 Å². The Morgan fingerprint density at radius 1 is 1.25 bits per heavy atom. The van der Waals surface area contributed by atoms with Crippen LogP contribution in [0.2, 0.25) is 0 Å². The standard InChI is InChI=1S/C20H19N3O4S/c1-13-7-8-18(17(9-13)23(25)26)27-11-15-12-28-20(21-15)10-19(24)22-16-6-4-3-5-14(16)2/h3-9,12H,10-11H2,1-2H3,(H,22,24). The van der Waals surface area contributed by atoms with Crippen molar-refractivity contribution >= 4 is 28.6 Å². The lowest BCUT2D eigenvalue weighted by atomic mass is 10.2. The van der Waals surface area contributed by atoms with Gasteiger partial charge in [0.05, 0.1) is 17.0 Å². The highest BCUT2D eigenvalue weighted by Crippen LogP contribution is 2.28.